The molecule has 118 valence electrons. The second-order valence-corrected chi connectivity index (χ2v) is 6.35. The van der Waals surface area contributed by atoms with E-state index >= 15 is 0 Å². The second kappa shape index (κ2) is 7.30. The van der Waals surface area contributed by atoms with Crippen LogP contribution >= 0.6 is 12.4 Å². The van der Waals surface area contributed by atoms with Gasteiger partial charge in [-0.05, 0) is 36.0 Å². The highest BCUT2D eigenvalue weighted by atomic mass is 35.5. The summed E-state index contributed by atoms with van der Waals surface area (Å²) in [4.78, 5) is 0. The first-order chi connectivity index (χ1) is 10.3. The molecule has 2 heteroatoms. The van der Waals surface area contributed by atoms with Crippen molar-refractivity contribution < 1.29 is 0 Å². The smallest absolute Gasteiger partial charge is 0.0136 e. The van der Waals surface area contributed by atoms with Crippen molar-refractivity contribution in [1.82, 2.24) is 0 Å². The third kappa shape index (κ3) is 3.06. The van der Waals surface area contributed by atoms with E-state index in [0.717, 1.165) is 6.42 Å². The summed E-state index contributed by atoms with van der Waals surface area (Å²) in [7, 11) is 0. The Balaban J connectivity index is 0.00000176. The molecule has 0 bridgehead atoms. The van der Waals surface area contributed by atoms with Gasteiger partial charge in [0.1, 0.15) is 0 Å². The lowest BCUT2D eigenvalue weighted by Crippen LogP contribution is -2.50. The Morgan fingerprint density at radius 1 is 0.955 bits per heavy atom. The quantitative estimate of drug-likeness (QED) is 0.793. The molecule has 22 heavy (non-hydrogen) atoms. The van der Waals surface area contributed by atoms with Gasteiger partial charge < -0.3 is 5.73 Å². The van der Waals surface area contributed by atoms with Crippen molar-refractivity contribution in [2.75, 3.05) is 0 Å². The van der Waals surface area contributed by atoms with Gasteiger partial charge in [0.2, 0.25) is 0 Å². The minimum absolute atomic E-state index is 0. The molecule has 1 atom stereocenters. The van der Waals surface area contributed by atoms with Gasteiger partial charge >= 0.3 is 0 Å². The maximum atomic E-state index is 6.51. The highest BCUT2D eigenvalue weighted by molar-refractivity contribution is 5.85. The molecule has 2 N–H and O–H groups in total. The molecular formula is C20H26ClN. The molecule has 0 aliphatic heterocycles. The Kier molecular flexibility index (Phi) is 5.66. The molecule has 0 radical (unpaired) electrons. The number of hydrogen-bond donors (Lipinski definition) is 1. The molecule has 0 heterocycles. The average molecular weight is 316 g/mol. The van der Waals surface area contributed by atoms with Gasteiger partial charge in [0, 0.05) is 11.5 Å². The highest BCUT2D eigenvalue weighted by Crippen LogP contribution is 2.47. The lowest BCUT2D eigenvalue weighted by Gasteiger charge is -2.47. The zero-order valence-electron chi connectivity index (χ0n) is 13.3. The average Bonchev–Trinajstić information content (AvgIpc) is 2.48. The van der Waals surface area contributed by atoms with Gasteiger partial charge in [0.05, 0.1) is 0 Å². The van der Waals surface area contributed by atoms with E-state index in [0.29, 0.717) is 6.04 Å². The number of hydrogen-bond acceptors (Lipinski definition) is 1. The summed E-state index contributed by atoms with van der Waals surface area (Å²) < 4.78 is 0. The van der Waals surface area contributed by atoms with Gasteiger partial charge in [-0.2, -0.15) is 0 Å². The first-order valence-corrected chi connectivity index (χ1v) is 8.18. The molecule has 0 aromatic heterocycles. The summed E-state index contributed by atoms with van der Waals surface area (Å²) in [6.07, 6.45) is 6.11. The molecule has 1 unspecified atom stereocenters. The van der Waals surface area contributed by atoms with E-state index in [1.54, 1.807) is 0 Å². The molecule has 3 rings (SSSR count). The Labute approximate surface area is 140 Å². The fourth-order valence-electron chi connectivity index (χ4n) is 3.64. The molecular weight excluding hydrogens is 290 g/mol. The van der Waals surface area contributed by atoms with Gasteiger partial charge in [-0.1, -0.05) is 74.4 Å². The minimum atomic E-state index is 0. The van der Waals surface area contributed by atoms with Gasteiger partial charge in [0.15, 0.2) is 0 Å². The molecule has 2 aromatic rings. The second-order valence-electron chi connectivity index (χ2n) is 6.35. The van der Waals surface area contributed by atoms with Crippen LogP contribution in [0.5, 0.6) is 0 Å². The van der Waals surface area contributed by atoms with Gasteiger partial charge in [-0.3, -0.25) is 0 Å². The summed E-state index contributed by atoms with van der Waals surface area (Å²) >= 11 is 0. The molecule has 1 fully saturated rings. The monoisotopic (exact) mass is 315 g/mol. The van der Waals surface area contributed by atoms with E-state index in [4.69, 9.17) is 5.73 Å². The Bertz CT molecular complexity index is 572. The summed E-state index contributed by atoms with van der Waals surface area (Å²) in [6.45, 7) is 2.23. The zero-order chi connectivity index (χ0) is 14.7. The van der Waals surface area contributed by atoms with Crippen LogP contribution in [0.4, 0.5) is 0 Å². The van der Waals surface area contributed by atoms with Crippen molar-refractivity contribution in [3.63, 3.8) is 0 Å². The largest absolute Gasteiger partial charge is 0.327 e. The van der Waals surface area contributed by atoms with Crippen LogP contribution in [0.25, 0.3) is 11.1 Å². The van der Waals surface area contributed by atoms with Crippen LogP contribution in [0.2, 0.25) is 0 Å². The number of nitrogens with two attached hydrogens (primary N) is 1. The first-order valence-electron chi connectivity index (χ1n) is 8.18. The Morgan fingerprint density at radius 2 is 1.55 bits per heavy atom. The SMILES string of the molecule is CCCC(N)C1(c2ccc(-c3ccccc3)cc2)CCC1.Cl. The Morgan fingerprint density at radius 3 is 2.05 bits per heavy atom. The summed E-state index contributed by atoms with van der Waals surface area (Å²) in [5, 5.41) is 0. The van der Waals surface area contributed by atoms with Crippen LogP contribution in [0, 0.1) is 0 Å². The van der Waals surface area contributed by atoms with E-state index in [1.807, 2.05) is 0 Å². The van der Waals surface area contributed by atoms with E-state index in [9.17, 15) is 0 Å². The topological polar surface area (TPSA) is 26.0 Å². The maximum absolute atomic E-state index is 6.51. The standard InChI is InChI=1S/C20H25N.ClH/c1-2-7-19(21)20(14-6-15-20)18-12-10-17(11-13-18)16-8-4-3-5-9-16;/h3-5,8-13,19H,2,6-7,14-15,21H2,1H3;1H. The van der Waals surface area contributed by atoms with Crippen molar-refractivity contribution in [3.8, 4) is 11.1 Å². The number of benzene rings is 2. The predicted octanol–water partition coefficient (Wildman–Crippen LogP) is 5.32. The Hall–Kier alpha value is -1.31. The normalized spacial score (nSPS) is 17.2. The third-order valence-corrected chi connectivity index (χ3v) is 5.12. The van der Waals surface area contributed by atoms with Crippen molar-refractivity contribution >= 4 is 12.4 Å². The van der Waals surface area contributed by atoms with Crippen LogP contribution in [0.3, 0.4) is 0 Å². The molecule has 2 aromatic carbocycles. The van der Waals surface area contributed by atoms with Crippen LogP contribution in [-0.2, 0) is 5.41 Å². The van der Waals surface area contributed by atoms with Crippen LogP contribution in [0.15, 0.2) is 54.6 Å². The maximum Gasteiger partial charge on any atom is 0.0136 e. The third-order valence-electron chi connectivity index (χ3n) is 5.12. The van der Waals surface area contributed by atoms with Crippen LogP contribution in [-0.4, -0.2) is 6.04 Å². The van der Waals surface area contributed by atoms with Crippen molar-refractivity contribution in [3.05, 3.63) is 60.2 Å². The zero-order valence-corrected chi connectivity index (χ0v) is 14.1. The fraction of sp³-hybridized carbons (Fsp3) is 0.400. The molecule has 1 saturated carbocycles. The van der Waals surface area contributed by atoms with Crippen molar-refractivity contribution in [2.24, 2.45) is 5.73 Å². The van der Waals surface area contributed by atoms with E-state index < -0.39 is 0 Å². The summed E-state index contributed by atoms with van der Waals surface area (Å²) in [5.74, 6) is 0. The van der Waals surface area contributed by atoms with Crippen molar-refractivity contribution in [2.45, 2.75) is 50.5 Å². The van der Waals surface area contributed by atoms with Gasteiger partial charge in [-0.25, -0.2) is 0 Å². The van der Waals surface area contributed by atoms with Crippen molar-refractivity contribution in [1.29, 1.82) is 0 Å². The summed E-state index contributed by atoms with van der Waals surface area (Å²) in [6, 6.07) is 20.0. The molecule has 1 aliphatic rings. The van der Waals surface area contributed by atoms with E-state index in [-0.39, 0.29) is 17.8 Å². The van der Waals surface area contributed by atoms with Crippen LogP contribution < -0.4 is 5.73 Å². The van der Waals surface area contributed by atoms with E-state index in [2.05, 4.69) is 61.5 Å². The van der Waals surface area contributed by atoms with Gasteiger partial charge in [-0.15, -0.1) is 12.4 Å². The van der Waals surface area contributed by atoms with Gasteiger partial charge in [0.25, 0.3) is 0 Å². The molecule has 1 aliphatic carbocycles. The molecule has 1 nitrogen and oxygen atoms in total. The molecule has 0 amide bonds. The summed E-state index contributed by atoms with van der Waals surface area (Å²) in [5.41, 5.74) is 10.8. The number of rotatable bonds is 5. The fourth-order valence-corrected chi connectivity index (χ4v) is 3.64. The van der Waals surface area contributed by atoms with Crippen LogP contribution in [0.1, 0.15) is 44.6 Å². The first kappa shape index (κ1) is 17.1. The lowest BCUT2D eigenvalue weighted by atomic mass is 9.59. The molecule has 0 spiro atoms. The number of halogens is 1. The molecule has 0 saturated heterocycles. The minimum Gasteiger partial charge on any atom is -0.327 e. The predicted molar refractivity (Wildman–Crippen MR) is 97.5 cm³/mol. The van der Waals surface area contributed by atoms with E-state index in [1.165, 1.54) is 42.4 Å². The lowest BCUT2D eigenvalue weighted by molar-refractivity contribution is 0.188. The highest BCUT2D eigenvalue weighted by Gasteiger charge is 2.43.